The van der Waals surface area contributed by atoms with Crippen molar-refractivity contribution < 1.29 is 14.6 Å². The second kappa shape index (κ2) is 5.70. The average Bonchev–Trinajstić information content (AvgIpc) is 2.70. The van der Waals surface area contributed by atoms with E-state index in [1.54, 1.807) is 31.2 Å². The van der Waals surface area contributed by atoms with Gasteiger partial charge in [-0.25, -0.2) is 4.79 Å². The smallest absolute Gasteiger partial charge is 0.344 e. The Morgan fingerprint density at radius 1 is 1.45 bits per heavy atom. The summed E-state index contributed by atoms with van der Waals surface area (Å²) in [7, 11) is 0. The second-order valence-corrected chi connectivity index (χ2v) is 4.37. The number of carbonyl (C=O) groups is 1. The SMILES string of the molecule is CCOC(=O)C1=C(O)c2ccccc2/C1=N/NC(N)=S. The zero-order valence-corrected chi connectivity index (χ0v) is 11.5. The molecule has 0 bridgehead atoms. The predicted octanol–water partition coefficient (Wildman–Crippen LogP) is 1.07. The monoisotopic (exact) mass is 291 g/mol. The highest BCUT2D eigenvalue weighted by Crippen LogP contribution is 2.31. The Kier molecular flexibility index (Phi) is 3.99. The van der Waals surface area contributed by atoms with Gasteiger partial charge in [-0.3, -0.25) is 5.43 Å². The molecule has 1 aromatic rings. The molecule has 1 aliphatic carbocycles. The van der Waals surface area contributed by atoms with Crippen LogP contribution in [0.1, 0.15) is 18.1 Å². The second-order valence-electron chi connectivity index (χ2n) is 3.93. The standard InChI is InChI=1S/C13H13N3O3S/c1-2-19-12(18)9-10(15-16-13(14)20)7-5-3-4-6-8(7)11(9)17/h3-6,17H,2H2,1H3,(H3,14,16,20)/b15-10-. The van der Waals surface area contributed by atoms with Crippen molar-refractivity contribution in [2.45, 2.75) is 6.92 Å². The molecule has 0 aliphatic heterocycles. The Morgan fingerprint density at radius 2 is 2.10 bits per heavy atom. The number of fused-ring (bicyclic) bond motifs is 1. The summed E-state index contributed by atoms with van der Waals surface area (Å²) < 4.78 is 4.93. The minimum atomic E-state index is -0.648. The van der Waals surface area contributed by atoms with Crippen LogP contribution in [-0.4, -0.2) is 28.5 Å². The average molecular weight is 291 g/mol. The number of nitrogens with one attached hydrogen (secondary N) is 1. The van der Waals surface area contributed by atoms with Gasteiger partial charge in [0.05, 0.1) is 6.61 Å². The van der Waals surface area contributed by atoms with Crippen molar-refractivity contribution >= 4 is 34.8 Å². The van der Waals surface area contributed by atoms with Gasteiger partial charge in [-0.2, -0.15) is 5.10 Å². The minimum absolute atomic E-state index is 0.00296. The highest BCUT2D eigenvalue weighted by molar-refractivity contribution is 7.80. The van der Waals surface area contributed by atoms with E-state index in [1.807, 2.05) is 0 Å². The Hall–Kier alpha value is -2.41. The molecule has 0 saturated carbocycles. The number of aliphatic hydroxyl groups excluding tert-OH is 1. The van der Waals surface area contributed by atoms with Crippen molar-refractivity contribution in [3.8, 4) is 0 Å². The van der Waals surface area contributed by atoms with Crippen molar-refractivity contribution in [1.29, 1.82) is 0 Å². The molecule has 0 aromatic heterocycles. The normalized spacial score (nSPS) is 15.2. The van der Waals surface area contributed by atoms with Crippen LogP contribution in [0.2, 0.25) is 0 Å². The summed E-state index contributed by atoms with van der Waals surface area (Å²) >= 11 is 4.68. The van der Waals surface area contributed by atoms with E-state index in [0.29, 0.717) is 11.1 Å². The molecule has 0 atom stereocenters. The fraction of sp³-hybridized carbons (Fsp3) is 0.154. The van der Waals surface area contributed by atoms with E-state index in [-0.39, 0.29) is 28.8 Å². The van der Waals surface area contributed by atoms with Crippen molar-refractivity contribution in [3.63, 3.8) is 0 Å². The number of nitrogens with zero attached hydrogens (tertiary/aromatic N) is 1. The molecule has 7 heteroatoms. The van der Waals surface area contributed by atoms with E-state index >= 15 is 0 Å². The number of esters is 1. The van der Waals surface area contributed by atoms with Crippen LogP contribution >= 0.6 is 12.2 Å². The summed E-state index contributed by atoms with van der Waals surface area (Å²) in [5.74, 6) is -0.813. The van der Waals surface area contributed by atoms with Gasteiger partial charge >= 0.3 is 5.97 Å². The molecule has 0 radical (unpaired) electrons. The van der Waals surface area contributed by atoms with Crippen LogP contribution in [-0.2, 0) is 9.53 Å². The van der Waals surface area contributed by atoms with Gasteiger partial charge in [0.25, 0.3) is 0 Å². The minimum Gasteiger partial charge on any atom is -0.506 e. The van der Waals surface area contributed by atoms with E-state index in [0.717, 1.165) is 0 Å². The number of benzene rings is 1. The first-order valence-electron chi connectivity index (χ1n) is 5.90. The van der Waals surface area contributed by atoms with Crippen molar-refractivity contribution in [2.75, 3.05) is 6.61 Å². The summed E-state index contributed by atoms with van der Waals surface area (Å²) in [6.07, 6.45) is 0. The lowest BCUT2D eigenvalue weighted by Gasteiger charge is -2.06. The number of hydrogen-bond donors (Lipinski definition) is 3. The molecule has 20 heavy (non-hydrogen) atoms. The predicted molar refractivity (Wildman–Crippen MR) is 79.1 cm³/mol. The first-order chi connectivity index (χ1) is 9.56. The van der Waals surface area contributed by atoms with Gasteiger partial charge in [-0.15, -0.1) is 0 Å². The zero-order valence-electron chi connectivity index (χ0n) is 10.7. The van der Waals surface area contributed by atoms with Gasteiger partial charge in [0, 0.05) is 11.1 Å². The maximum Gasteiger partial charge on any atom is 0.344 e. The first kappa shape index (κ1) is 14.0. The van der Waals surface area contributed by atoms with Crippen LogP contribution in [0.25, 0.3) is 5.76 Å². The van der Waals surface area contributed by atoms with Crippen LogP contribution in [0.4, 0.5) is 0 Å². The van der Waals surface area contributed by atoms with E-state index in [1.165, 1.54) is 0 Å². The van der Waals surface area contributed by atoms with Gasteiger partial charge in [0.2, 0.25) is 0 Å². The molecule has 104 valence electrons. The van der Waals surface area contributed by atoms with Crippen molar-refractivity contribution in [2.24, 2.45) is 10.8 Å². The summed E-state index contributed by atoms with van der Waals surface area (Å²) in [6, 6.07) is 6.95. The lowest BCUT2D eigenvalue weighted by molar-refractivity contribution is -0.137. The van der Waals surface area contributed by atoms with Crippen molar-refractivity contribution in [3.05, 3.63) is 41.0 Å². The maximum absolute atomic E-state index is 12.0. The number of hydrogen-bond acceptors (Lipinski definition) is 5. The van der Waals surface area contributed by atoms with Crippen molar-refractivity contribution in [1.82, 2.24) is 5.43 Å². The molecule has 0 saturated heterocycles. The molecule has 1 aromatic carbocycles. The molecule has 6 nitrogen and oxygen atoms in total. The van der Waals surface area contributed by atoms with Gasteiger partial charge in [-0.05, 0) is 19.1 Å². The summed E-state index contributed by atoms with van der Waals surface area (Å²) in [4.78, 5) is 12.0. The largest absolute Gasteiger partial charge is 0.506 e. The third-order valence-corrected chi connectivity index (χ3v) is 2.76. The van der Waals surface area contributed by atoms with Gasteiger partial charge in [-0.1, -0.05) is 24.3 Å². The highest BCUT2D eigenvalue weighted by atomic mass is 32.1. The zero-order chi connectivity index (χ0) is 14.7. The number of ether oxygens (including phenoxy) is 1. The van der Waals surface area contributed by atoms with E-state index in [2.05, 4.69) is 22.7 Å². The summed E-state index contributed by atoms with van der Waals surface area (Å²) in [5, 5.41) is 14.1. The van der Waals surface area contributed by atoms with Gasteiger partial charge < -0.3 is 15.6 Å². The Bertz CT molecular complexity index is 638. The Labute approximate surface area is 120 Å². The molecule has 1 aliphatic rings. The third-order valence-electron chi connectivity index (χ3n) is 2.67. The Morgan fingerprint density at radius 3 is 2.70 bits per heavy atom. The number of rotatable bonds is 3. The third kappa shape index (κ3) is 2.48. The molecule has 0 fully saturated rings. The summed E-state index contributed by atoms with van der Waals surface area (Å²) in [5.41, 5.74) is 9.12. The summed E-state index contributed by atoms with van der Waals surface area (Å²) in [6.45, 7) is 1.88. The molecule has 0 amide bonds. The first-order valence-corrected chi connectivity index (χ1v) is 6.30. The van der Waals surface area contributed by atoms with Crippen LogP contribution < -0.4 is 11.2 Å². The molecule has 4 N–H and O–H groups in total. The van der Waals surface area contributed by atoms with Gasteiger partial charge in [0.15, 0.2) is 5.11 Å². The topological polar surface area (TPSA) is 96.9 Å². The van der Waals surface area contributed by atoms with Crippen LogP contribution in [0.15, 0.2) is 34.9 Å². The maximum atomic E-state index is 12.0. The number of aliphatic hydroxyl groups is 1. The Balaban J connectivity index is 2.52. The number of nitrogens with two attached hydrogens (primary N) is 1. The van der Waals surface area contributed by atoms with Gasteiger partial charge in [0.1, 0.15) is 17.0 Å². The van der Waals surface area contributed by atoms with Crippen LogP contribution in [0.3, 0.4) is 0 Å². The molecule has 0 unspecified atom stereocenters. The van der Waals surface area contributed by atoms with E-state index < -0.39 is 5.97 Å². The lowest BCUT2D eigenvalue weighted by Crippen LogP contribution is -2.27. The highest BCUT2D eigenvalue weighted by Gasteiger charge is 2.33. The fourth-order valence-corrected chi connectivity index (χ4v) is 1.95. The number of carbonyl (C=O) groups excluding carboxylic acids is 1. The van der Waals surface area contributed by atoms with E-state index in [4.69, 9.17) is 10.5 Å². The lowest BCUT2D eigenvalue weighted by atomic mass is 10.1. The number of hydrazone groups is 1. The molecule has 0 spiro atoms. The quantitative estimate of drug-likeness (QED) is 0.438. The van der Waals surface area contributed by atoms with E-state index in [9.17, 15) is 9.90 Å². The molecular formula is C13H13N3O3S. The van der Waals surface area contributed by atoms with Crippen LogP contribution in [0.5, 0.6) is 0 Å². The fourth-order valence-electron chi connectivity index (χ4n) is 1.90. The molecular weight excluding hydrogens is 278 g/mol. The van der Waals surface area contributed by atoms with Crippen LogP contribution in [0, 0.1) is 0 Å². The molecule has 2 rings (SSSR count). The number of thiocarbonyl (C=S) groups is 1. The molecule has 0 heterocycles.